The van der Waals surface area contributed by atoms with E-state index in [0.29, 0.717) is 25.1 Å². The number of nitrogens with zero attached hydrogens (tertiary/aromatic N) is 2. The second kappa shape index (κ2) is 8.34. The van der Waals surface area contributed by atoms with Gasteiger partial charge in [0.05, 0.1) is 30.9 Å². The molecule has 1 fully saturated rings. The summed E-state index contributed by atoms with van der Waals surface area (Å²) >= 11 is 0. The number of aromatic amines is 1. The van der Waals surface area contributed by atoms with Crippen LogP contribution in [0.5, 0.6) is 5.75 Å². The number of aromatic nitrogens is 2. The molecule has 0 spiro atoms. The van der Waals surface area contributed by atoms with Crippen LogP contribution in [0.4, 0.5) is 0 Å². The Bertz CT molecular complexity index is 1000. The molecule has 0 saturated carbocycles. The summed E-state index contributed by atoms with van der Waals surface area (Å²) in [6.45, 7) is 1.26. The van der Waals surface area contributed by atoms with Crippen LogP contribution in [0.25, 0.3) is 11.0 Å². The predicted octanol–water partition coefficient (Wildman–Crippen LogP) is 2.54. The number of likely N-dealkylation sites (tertiary alicyclic amines) is 1. The second-order valence-corrected chi connectivity index (χ2v) is 7.29. The first kappa shape index (κ1) is 19.0. The van der Waals surface area contributed by atoms with Crippen LogP contribution in [0.3, 0.4) is 0 Å². The van der Waals surface area contributed by atoms with Crippen molar-refractivity contribution in [3.8, 4) is 5.75 Å². The number of rotatable bonds is 5. The lowest BCUT2D eigenvalue weighted by Crippen LogP contribution is -2.46. The fourth-order valence-corrected chi connectivity index (χ4v) is 3.69. The van der Waals surface area contributed by atoms with E-state index in [2.05, 4.69) is 15.3 Å². The van der Waals surface area contributed by atoms with Gasteiger partial charge in [-0.15, -0.1) is 0 Å². The molecular formula is C22H24N4O3. The lowest BCUT2D eigenvalue weighted by molar-refractivity contribution is -0.121. The van der Waals surface area contributed by atoms with Gasteiger partial charge < -0.3 is 19.9 Å². The number of hydrogen-bond donors (Lipinski definition) is 2. The Labute approximate surface area is 169 Å². The maximum absolute atomic E-state index is 12.8. The highest BCUT2D eigenvalue weighted by atomic mass is 16.5. The number of amides is 2. The minimum absolute atomic E-state index is 0.00430. The summed E-state index contributed by atoms with van der Waals surface area (Å²) in [4.78, 5) is 34.2. The molecule has 7 heteroatoms. The maximum atomic E-state index is 12.8. The van der Waals surface area contributed by atoms with Crippen LogP contribution in [0.1, 0.15) is 28.8 Å². The molecule has 7 nitrogen and oxygen atoms in total. The van der Waals surface area contributed by atoms with Gasteiger partial charge >= 0.3 is 0 Å². The zero-order chi connectivity index (χ0) is 20.2. The molecule has 1 aliphatic heterocycles. The third-order valence-electron chi connectivity index (χ3n) is 5.34. The summed E-state index contributed by atoms with van der Waals surface area (Å²) in [5.74, 6) is 0.798. The van der Waals surface area contributed by atoms with E-state index >= 15 is 0 Å². The van der Waals surface area contributed by atoms with Crippen LogP contribution >= 0.6 is 0 Å². The average Bonchev–Trinajstić information content (AvgIpc) is 3.22. The van der Waals surface area contributed by atoms with Crippen molar-refractivity contribution >= 4 is 22.8 Å². The number of methoxy groups -OCH3 is 1. The minimum atomic E-state index is 0.00430. The molecular weight excluding hydrogens is 368 g/mol. The number of ether oxygens (including phenoxy) is 1. The van der Waals surface area contributed by atoms with Crippen molar-refractivity contribution in [2.75, 3.05) is 20.2 Å². The molecule has 29 heavy (non-hydrogen) atoms. The minimum Gasteiger partial charge on any atom is -0.497 e. The summed E-state index contributed by atoms with van der Waals surface area (Å²) in [6, 6.07) is 13.1. The summed E-state index contributed by atoms with van der Waals surface area (Å²) in [5, 5.41) is 3.09. The van der Waals surface area contributed by atoms with Gasteiger partial charge in [0.2, 0.25) is 5.91 Å². The maximum Gasteiger partial charge on any atom is 0.253 e. The quantitative estimate of drug-likeness (QED) is 0.699. The Morgan fingerprint density at radius 1 is 1.17 bits per heavy atom. The van der Waals surface area contributed by atoms with E-state index in [1.54, 1.807) is 13.4 Å². The molecule has 1 aromatic heterocycles. The number of nitrogens with one attached hydrogen (secondary N) is 2. The van der Waals surface area contributed by atoms with Crippen LogP contribution in [0.2, 0.25) is 0 Å². The first-order valence-electron chi connectivity index (χ1n) is 9.77. The zero-order valence-electron chi connectivity index (χ0n) is 16.4. The molecule has 3 aromatic rings. The highest BCUT2D eigenvalue weighted by Gasteiger charge is 2.24. The number of hydrogen-bond acceptors (Lipinski definition) is 4. The molecule has 4 rings (SSSR count). The van der Waals surface area contributed by atoms with Crippen molar-refractivity contribution in [1.82, 2.24) is 20.2 Å². The topological polar surface area (TPSA) is 87.3 Å². The van der Waals surface area contributed by atoms with Crippen LogP contribution in [-0.2, 0) is 11.2 Å². The van der Waals surface area contributed by atoms with Crippen LogP contribution in [0.15, 0.2) is 48.8 Å². The Morgan fingerprint density at radius 2 is 1.93 bits per heavy atom. The monoisotopic (exact) mass is 392 g/mol. The first-order chi connectivity index (χ1) is 14.1. The number of H-pyrrole nitrogens is 1. The number of piperidine rings is 1. The van der Waals surface area contributed by atoms with Crippen molar-refractivity contribution in [3.05, 3.63) is 59.9 Å². The fourth-order valence-electron chi connectivity index (χ4n) is 3.69. The summed E-state index contributed by atoms with van der Waals surface area (Å²) in [6.07, 6.45) is 3.48. The van der Waals surface area contributed by atoms with Gasteiger partial charge in [0.15, 0.2) is 0 Å². The Morgan fingerprint density at radius 3 is 2.66 bits per heavy atom. The molecule has 150 valence electrons. The standard InChI is InChI=1S/C22H24N4O3/c1-29-18-5-2-15(3-6-18)12-21(27)25-17-8-10-26(11-9-17)22(28)16-4-7-19-20(13-16)24-14-23-19/h2-7,13-14,17H,8-12H2,1H3,(H,23,24)(H,25,27). The van der Waals surface area contributed by atoms with Gasteiger partial charge in [-0.1, -0.05) is 12.1 Å². The van der Waals surface area contributed by atoms with E-state index in [0.717, 1.165) is 35.2 Å². The molecule has 0 radical (unpaired) electrons. The smallest absolute Gasteiger partial charge is 0.253 e. The third kappa shape index (κ3) is 4.39. The zero-order valence-corrected chi connectivity index (χ0v) is 16.4. The van der Waals surface area contributed by atoms with E-state index in [1.807, 2.05) is 47.4 Å². The van der Waals surface area contributed by atoms with E-state index in [-0.39, 0.29) is 17.9 Å². The van der Waals surface area contributed by atoms with Crippen LogP contribution in [0, 0.1) is 0 Å². The highest BCUT2D eigenvalue weighted by molar-refractivity contribution is 5.97. The Kier molecular flexibility index (Phi) is 5.46. The molecule has 0 aliphatic carbocycles. The molecule has 2 heterocycles. The lowest BCUT2D eigenvalue weighted by Gasteiger charge is -2.32. The molecule has 1 aliphatic rings. The van der Waals surface area contributed by atoms with Gasteiger partial charge in [-0.25, -0.2) is 4.98 Å². The van der Waals surface area contributed by atoms with Gasteiger partial charge in [-0.2, -0.15) is 0 Å². The molecule has 0 bridgehead atoms. The molecule has 2 N–H and O–H groups in total. The largest absolute Gasteiger partial charge is 0.497 e. The second-order valence-electron chi connectivity index (χ2n) is 7.29. The predicted molar refractivity (Wildman–Crippen MR) is 110 cm³/mol. The normalized spacial score (nSPS) is 14.7. The molecule has 2 aromatic carbocycles. The van der Waals surface area contributed by atoms with E-state index in [1.165, 1.54) is 0 Å². The lowest BCUT2D eigenvalue weighted by atomic mass is 10.0. The van der Waals surface area contributed by atoms with Crippen LogP contribution in [-0.4, -0.2) is 52.9 Å². The van der Waals surface area contributed by atoms with Gasteiger partial charge in [0, 0.05) is 24.7 Å². The third-order valence-corrected chi connectivity index (χ3v) is 5.34. The number of carbonyl (C=O) groups excluding carboxylic acids is 2. The number of carbonyl (C=O) groups is 2. The van der Waals surface area contributed by atoms with E-state index < -0.39 is 0 Å². The van der Waals surface area contributed by atoms with Crippen LogP contribution < -0.4 is 10.1 Å². The van der Waals surface area contributed by atoms with Crippen molar-refractivity contribution in [3.63, 3.8) is 0 Å². The SMILES string of the molecule is COc1ccc(CC(=O)NC2CCN(C(=O)c3ccc4nc[nH]c4c3)CC2)cc1. The summed E-state index contributed by atoms with van der Waals surface area (Å²) in [5.41, 5.74) is 3.31. The highest BCUT2D eigenvalue weighted by Crippen LogP contribution is 2.18. The van der Waals surface area contributed by atoms with Crippen molar-refractivity contribution < 1.29 is 14.3 Å². The number of imidazole rings is 1. The number of fused-ring (bicyclic) bond motifs is 1. The molecule has 0 unspecified atom stereocenters. The molecule has 2 amide bonds. The average molecular weight is 392 g/mol. The Balaban J connectivity index is 1.28. The number of benzene rings is 2. The Hall–Kier alpha value is -3.35. The fraction of sp³-hybridized carbons (Fsp3) is 0.318. The molecule has 1 saturated heterocycles. The van der Waals surface area contributed by atoms with E-state index in [9.17, 15) is 9.59 Å². The van der Waals surface area contributed by atoms with Gasteiger partial charge in [0.25, 0.3) is 5.91 Å². The van der Waals surface area contributed by atoms with Crippen molar-refractivity contribution in [1.29, 1.82) is 0 Å². The summed E-state index contributed by atoms with van der Waals surface area (Å²) in [7, 11) is 1.62. The first-order valence-corrected chi connectivity index (χ1v) is 9.77. The van der Waals surface area contributed by atoms with E-state index in [4.69, 9.17) is 4.74 Å². The van der Waals surface area contributed by atoms with Gasteiger partial charge in [0.1, 0.15) is 5.75 Å². The summed E-state index contributed by atoms with van der Waals surface area (Å²) < 4.78 is 5.14. The van der Waals surface area contributed by atoms with Crippen molar-refractivity contribution in [2.45, 2.75) is 25.3 Å². The van der Waals surface area contributed by atoms with Gasteiger partial charge in [-0.05, 0) is 48.7 Å². The van der Waals surface area contributed by atoms with Gasteiger partial charge in [-0.3, -0.25) is 9.59 Å². The molecule has 0 atom stereocenters. The van der Waals surface area contributed by atoms with Crippen molar-refractivity contribution in [2.24, 2.45) is 0 Å².